The van der Waals surface area contributed by atoms with Gasteiger partial charge in [-0.05, 0) is 142 Å². The summed E-state index contributed by atoms with van der Waals surface area (Å²) < 4.78 is 0. The third-order valence-electron chi connectivity index (χ3n) is 16.0. The van der Waals surface area contributed by atoms with Crippen molar-refractivity contribution in [1.29, 1.82) is 0 Å². The highest BCUT2D eigenvalue weighted by Crippen LogP contribution is 2.65. The maximum absolute atomic E-state index is 2.49. The van der Waals surface area contributed by atoms with Gasteiger partial charge in [0.15, 0.2) is 0 Å². The smallest absolute Gasteiger partial charge is 0.0726 e. The number of benzene rings is 12. The summed E-state index contributed by atoms with van der Waals surface area (Å²) in [6.07, 6.45) is 3.25. The van der Waals surface area contributed by atoms with Gasteiger partial charge in [-0.1, -0.05) is 279 Å². The number of rotatable bonds is 11. The van der Waals surface area contributed by atoms with Crippen molar-refractivity contribution >= 4 is 22.6 Å². The maximum atomic E-state index is 2.49. The molecule has 0 bridgehead atoms. The number of allylic oxidation sites excluding steroid dienone is 1. The molecule has 12 aromatic rings. The van der Waals surface area contributed by atoms with Crippen LogP contribution >= 0.6 is 0 Å². The third kappa shape index (κ3) is 7.95. The van der Waals surface area contributed by atoms with Gasteiger partial charge in [0.05, 0.1) is 11.1 Å². The molecule has 0 aliphatic heterocycles. The second-order valence-electron chi connectivity index (χ2n) is 20.3. The van der Waals surface area contributed by atoms with Gasteiger partial charge in [-0.25, -0.2) is 0 Å². The Morgan fingerprint density at radius 2 is 0.740 bits per heavy atom. The van der Waals surface area contributed by atoms with Crippen molar-refractivity contribution in [2.45, 2.75) is 11.8 Å². The van der Waals surface area contributed by atoms with E-state index in [4.69, 9.17) is 0 Å². The molecule has 0 N–H and O–H groups in total. The standard InChI is InChI=1S/C76H53N/c1-5-22-54(23-6-1)58-42-44-60(45-43-58)65(50-41-53-21-17-30-61(51-53)56-26-9-3-10-27-56)66-35-19-38-71-74(66)67-33-13-15-36-69(67)76(71)70-37-16-14-34-68(70)75-72(76)39-20-40-73(75)77(63-48-46-59(47-49-63)55-24-7-2-8-25-55)64-32-18-31-62(52-64)57-28-11-4-12-29-57/h1-40,42-52H,41H2/b65-50+. The molecule has 77 heavy (non-hydrogen) atoms. The molecule has 0 aromatic heterocycles. The second-order valence-corrected chi connectivity index (χ2v) is 20.3. The minimum atomic E-state index is -0.592. The van der Waals surface area contributed by atoms with Crippen molar-refractivity contribution in [3.8, 4) is 66.8 Å². The molecule has 1 nitrogen and oxygen atoms in total. The lowest BCUT2D eigenvalue weighted by atomic mass is 9.70. The van der Waals surface area contributed by atoms with E-state index in [1.54, 1.807) is 0 Å². The molecule has 0 fully saturated rings. The van der Waals surface area contributed by atoms with Crippen molar-refractivity contribution < 1.29 is 0 Å². The van der Waals surface area contributed by atoms with Gasteiger partial charge in [0.1, 0.15) is 0 Å². The fourth-order valence-corrected chi connectivity index (χ4v) is 12.5. The SMILES string of the molecule is C(/Cc1cccc(-c2ccccc2)c1)=C(/c1ccc(-c2ccccc2)cc1)c1cccc2c1-c1ccccc1C21c2ccccc2-c2c(N(c3ccc(-c4ccccc4)cc3)c3cccc(-c4ccccc4)c3)cccc21. The van der Waals surface area contributed by atoms with Crippen LogP contribution in [0.3, 0.4) is 0 Å². The molecule has 1 spiro atoms. The van der Waals surface area contributed by atoms with E-state index in [9.17, 15) is 0 Å². The number of fused-ring (bicyclic) bond motifs is 10. The van der Waals surface area contributed by atoms with Crippen LogP contribution in [-0.2, 0) is 11.8 Å². The van der Waals surface area contributed by atoms with Crippen LogP contribution in [0, 0.1) is 0 Å². The van der Waals surface area contributed by atoms with Crippen LogP contribution in [0.15, 0.2) is 309 Å². The van der Waals surface area contributed by atoms with E-state index >= 15 is 0 Å². The first kappa shape index (κ1) is 45.8. The van der Waals surface area contributed by atoms with Crippen LogP contribution in [0.1, 0.15) is 38.9 Å². The third-order valence-corrected chi connectivity index (χ3v) is 16.0. The molecule has 1 heteroatoms. The molecule has 0 heterocycles. The quantitative estimate of drug-likeness (QED) is 0.125. The number of hydrogen-bond donors (Lipinski definition) is 0. The van der Waals surface area contributed by atoms with Gasteiger partial charge < -0.3 is 4.90 Å². The lowest BCUT2D eigenvalue weighted by Crippen LogP contribution is -2.26. The van der Waals surface area contributed by atoms with Crippen LogP contribution in [0.2, 0.25) is 0 Å². The van der Waals surface area contributed by atoms with Gasteiger partial charge in [-0.2, -0.15) is 0 Å². The molecule has 0 radical (unpaired) electrons. The van der Waals surface area contributed by atoms with Gasteiger partial charge >= 0.3 is 0 Å². The van der Waals surface area contributed by atoms with E-state index in [0.717, 1.165) is 23.5 Å². The zero-order valence-electron chi connectivity index (χ0n) is 42.6. The van der Waals surface area contributed by atoms with E-state index in [1.807, 2.05) is 0 Å². The van der Waals surface area contributed by atoms with Gasteiger partial charge in [0, 0.05) is 16.9 Å². The topological polar surface area (TPSA) is 3.24 Å². The monoisotopic (exact) mass is 979 g/mol. The van der Waals surface area contributed by atoms with Crippen molar-refractivity contribution in [3.63, 3.8) is 0 Å². The predicted octanol–water partition coefficient (Wildman–Crippen LogP) is 19.8. The number of hydrogen-bond acceptors (Lipinski definition) is 1. The Balaban J connectivity index is 0.971. The van der Waals surface area contributed by atoms with Crippen LogP contribution in [-0.4, -0.2) is 0 Å². The van der Waals surface area contributed by atoms with Gasteiger partial charge in [-0.15, -0.1) is 0 Å². The normalized spacial score (nSPS) is 13.9. The van der Waals surface area contributed by atoms with E-state index in [2.05, 4.69) is 314 Å². The molecule has 1 atom stereocenters. The largest absolute Gasteiger partial charge is 0.310 e. The molecule has 2 aliphatic rings. The van der Waals surface area contributed by atoms with Crippen molar-refractivity contribution in [2.75, 3.05) is 4.90 Å². The Kier molecular flexibility index (Phi) is 11.6. The van der Waals surface area contributed by atoms with E-state index < -0.39 is 5.41 Å². The van der Waals surface area contributed by atoms with Gasteiger partial charge in [0.25, 0.3) is 0 Å². The lowest BCUT2D eigenvalue weighted by Gasteiger charge is -2.32. The molecule has 14 rings (SSSR count). The van der Waals surface area contributed by atoms with Crippen LogP contribution < -0.4 is 4.90 Å². The minimum Gasteiger partial charge on any atom is -0.310 e. The summed E-state index contributed by atoms with van der Waals surface area (Å²) in [7, 11) is 0. The Morgan fingerprint density at radius 1 is 0.312 bits per heavy atom. The highest BCUT2D eigenvalue weighted by atomic mass is 15.1. The van der Waals surface area contributed by atoms with Crippen LogP contribution in [0.4, 0.5) is 17.1 Å². The Hall–Kier alpha value is -9.82. The molecule has 12 aromatic carbocycles. The molecule has 0 saturated heterocycles. The molecule has 0 saturated carbocycles. The van der Waals surface area contributed by atoms with Crippen molar-refractivity contribution in [2.24, 2.45) is 0 Å². The highest BCUT2D eigenvalue weighted by Gasteiger charge is 2.53. The molecular weight excluding hydrogens is 927 g/mol. The first-order valence-corrected chi connectivity index (χ1v) is 26.8. The summed E-state index contributed by atoms with van der Waals surface area (Å²) in [4.78, 5) is 2.49. The Morgan fingerprint density at radius 3 is 1.34 bits per heavy atom. The Labute approximate surface area is 452 Å². The molecular formula is C76H53N. The van der Waals surface area contributed by atoms with E-state index in [-0.39, 0.29) is 0 Å². The summed E-state index contributed by atoms with van der Waals surface area (Å²) >= 11 is 0. The summed E-state index contributed by atoms with van der Waals surface area (Å²) in [5.74, 6) is 0. The number of nitrogens with zero attached hydrogens (tertiary/aromatic N) is 1. The first-order chi connectivity index (χ1) is 38.2. The van der Waals surface area contributed by atoms with E-state index in [1.165, 1.54) is 111 Å². The lowest BCUT2D eigenvalue weighted by molar-refractivity contribution is 0.793. The summed E-state index contributed by atoms with van der Waals surface area (Å²) in [5.41, 5.74) is 27.6. The molecule has 1 unspecified atom stereocenters. The van der Waals surface area contributed by atoms with Gasteiger partial charge in [-0.3, -0.25) is 0 Å². The fourth-order valence-electron chi connectivity index (χ4n) is 12.5. The Bertz CT molecular complexity index is 4140. The van der Waals surface area contributed by atoms with Crippen LogP contribution in [0.5, 0.6) is 0 Å². The van der Waals surface area contributed by atoms with Crippen molar-refractivity contribution in [3.05, 3.63) is 348 Å². The summed E-state index contributed by atoms with van der Waals surface area (Å²) in [6.45, 7) is 0. The van der Waals surface area contributed by atoms with Crippen molar-refractivity contribution in [1.82, 2.24) is 0 Å². The zero-order chi connectivity index (χ0) is 51.1. The van der Waals surface area contributed by atoms with Gasteiger partial charge in [0.2, 0.25) is 0 Å². The minimum absolute atomic E-state index is 0.592. The molecule has 362 valence electrons. The molecule has 0 amide bonds. The zero-order valence-corrected chi connectivity index (χ0v) is 42.6. The van der Waals surface area contributed by atoms with Crippen LogP contribution in [0.25, 0.3) is 72.3 Å². The predicted molar refractivity (Wildman–Crippen MR) is 323 cm³/mol. The first-order valence-electron chi connectivity index (χ1n) is 26.8. The van der Waals surface area contributed by atoms with E-state index in [0.29, 0.717) is 0 Å². The second kappa shape index (κ2) is 19.5. The summed E-state index contributed by atoms with van der Waals surface area (Å²) in [5, 5.41) is 0. The fraction of sp³-hybridized carbons (Fsp3) is 0.0263. The average molecular weight is 980 g/mol. The average Bonchev–Trinajstić information content (AvgIpc) is 4.06. The highest BCUT2D eigenvalue weighted by molar-refractivity contribution is 6.04. The maximum Gasteiger partial charge on any atom is 0.0726 e. The molecule has 2 aliphatic carbocycles. The summed E-state index contributed by atoms with van der Waals surface area (Å²) in [6, 6.07) is 112. The number of anilines is 3.